The van der Waals surface area contributed by atoms with E-state index in [0.717, 1.165) is 24.8 Å². The van der Waals surface area contributed by atoms with Gasteiger partial charge in [0.15, 0.2) is 0 Å². The molecule has 0 bridgehead atoms. The third-order valence-corrected chi connectivity index (χ3v) is 2.54. The zero-order valence-electron chi connectivity index (χ0n) is 6.34. The second kappa shape index (κ2) is 3.63. The summed E-state index contributed by atoms with van der Waals surface area (Å²) in [5, 5.41) is 0. The Labute approximate surface area is 63.0 Å². The van der Waals surface area contributed by atoms with Crippen LogP contribution in [0.25, 0.3) is 0 Å². The summed E-state index contributed by atoms with van der Waals surface area (Å²) in [7, 11) is 0. The van der Waals surface area contributed by atoms with Crippen LogP contribution >= 0.6 is 0 Å². The summed E-state index contributed by atoms with van der Waals surface area (Å²) < 4.78 is 0. The van der Waals surface area contributed by atoms with Crippen LogP contribution in [-0.2, 0) is 0 Å². The van der Waals surface area contributed by atoms with Crippen LogP contribution in [0, 0.1) is 24.2 Å². The normalized spacial score (nSPS) is 30.8. The van der Waals surface area contributed by atoms with Crippen LogP contribution in [0.4, 0.5) is 0 Å². The van der Waals surface area contributed by atoms with Gasteiger partial charge in [0.25, 0.3) is 0 Å². The highest BCUT2D eigenvalue weighted by molar-refractivity contribution is 4.88. The summed E-state index contributed by atoms with van der Waals surface area (Å²) in [6.07, 6.45) is 9.96. The molecule has 0 aromatic carbocycles. The van der Waals surface area contributed by atoms with Crippen LogP contribution in [0.1, 0.15) is 25.7 Å². The molecule has 1 saturated carbocycles. The molecule has 2 unspecified atom stereocenters. The molecule has 10 heavy (non-hydrogen) atoms. The van der Waals surface area contributed by atoms with E-state index in [4.69, 9.17) is 12.2 Å². The first kappa shape index (κ1) is 7.63. The Hall–Kier alpha value is -0.480. The average Bonchev–Trinajstić information content (AvgIpc) is 1.88. The average molecular weight is 137 g/mol. The SMILES string of the molecule is C#CCCC1CCC1CN. The van der Waals surface area contributed by atoms with Crippen LogP contribution in [0.2, 0.25) is 0 Å². The quantitative estimate of drug-likeness (QED) is 0.584. The summed E-state index contributed by atoms with van der Waals surface area (Å²) >= 11 is 0. The van der Waals surface area contributed by atoms with Gasteiger partial charge in [0.2, 0.25) is 0 Å². The number of nitrogens with two attached hydrogens (primary N) is 1. The van der Waals surface area contributed by atoms with Crippen LogP contribution in [0.5, 0.6) is 0 Å². The summed E-state index contributed by atoms with van der Waals surface area (Å²) in [6.45, 7) is 0.856. The van der Waals surface area contributed by atoms with Crippen molar-refractivity contribution in [3.63, 3.8) is 0 Å². The molecule has 1 rings (SSSR count). The van der Waals surface area contributed by atoms with Crippen molar-refractivity contribution in [1.29, 1.82) is 0 Å². The molecule has 0 aromatic rings. The monoisotopic (exact) mass is 137 g/mol. The molecule has 1 aliphatic carbocycles. The van der Waals surface area contributed by atoms with E-state index in [1.807, 2.05) is 0 Å². The summed E-state index contributed by atoms with van der Waals surface area (Å²) in [4.78, 5) is 0. The van der Waals surface area contributed by atoms with Gasteiger partial charge in [-0.1, -0.05) is 0 Å². The minimum atomic E-state index is 0.786. The Morgan fingerprint density at radius 3 is 2.50 bits per heavy atom. The molecule has 1 nitrogen and oxygen atoms in total. The minimum Gasteiger partial charge on any atom is -0.330 e. The van der Waals surface area contributed by atoms with Crippen molar-refractivity contribution in [2.24, 2.45) is 17.6 Å². The fourth-order valence-corrected chi connectivity index (χ4v) is 1.60. The van der Waals surface area contributed by atoms with Gasteiger partial charge in [-0.05, 0) is 37.6 Å². The molecule has 1 heteroatoms. The second-order valence-corrected chi connectivity index (χ2v) is 3.08. The molecule has 1 fully saturated rings. The first-order chi connectivity index (χ1) is 4.88. The van der Waals surface area contributed by atoms with Crippen molar-refractivity contribution in [3.8, 4) is 12.3 Å². The van der Waals surface area contributed by atoms with E-state index in [0.29, 0.717) is 0 Å². The zero-order chi connectivity index (χ0) is 7.40. The molecular formula is C9H15N. The highest BCUT2D eigenvalue weighted by Gasteiger charge is 2.28. The molecule has 2 atom stereocenters. The smallest absolute Gasteiger partial charge is 0.00888 e. The molecule has 56 valence electrons. The molecule has 1 aliphatic rings. The predicted molar refractivity (Wildman–Crippen MR) is 43.3 cm³/mol. The number of hydrogen-bond acceptors (Lipinski definition) is 1. The van der Waals surface area contributed by atoms with E-state index >= 15 is 0 Å². The van der Waals surface area contributed by atoms with Crippen molar-refractivity contribution in [2.45, 2.75) is 25.7 Å². The Morgan fingerprint density at radius 2 is 2.10 bits per heavy atom. The first-order valence-electron chi connectivity index (χ1n) is 4.02. The van der Waals surface area contributed by atoms with Gasteiger partial charge in [0.1, 0.15) is 0 Å². The van der Waals surface area contributed by atoms with Gasteiger partial charge >= 0.3 is 0 Å². The predicted octanol–water partition coefficient (Wildman–Crippen LogP) is 1.38. The molecule has 0 aromatic heterocycles. The van der Waals surface area contributed by atoms with E-state index in [2.05, 4.69) is 5.92 Å². The van der Waals surface area contributed by atoms with Gasteiger partial charge in [0.05, 0.1) is 0 Å². The molecule has 0 heterocycles. The lowest BCUT2D eigenvalue weighted by molar-refractivity contribution is 0.173. The van der Waals surface area contributed by atoms with Gasteiger partial charge in [-0.25, -0.2) is 0 Å². The van der Waals surface area contributed by atoms with E-state index in [1.165, 1.54) is 19.3 Å². The van der Waals surface area contributed by atoms with Gasteiger partial charge in [-0.2, -0.15) is 0 Å². The third-order valence-electron chi connectivity index (χ3n) is 2.54. The zero-order valence-corrected chi connectivity index (χ0v) is 6.34. The van der Waals surface area contributed by atoms with Crippen LogP contribution < -0.4 is 5.73 Å². The Kier molecular flexibility index (Phi) is 2.77. The molecule has 0 amide bonds. The minimum absolute atomic E-state index is 0.786. The standard InChI is InChI=1S/C9H15N/c1-2-3-4-8-5-6-9(8)7-10/h1,8-9H,3-7,10H2. The number of rotatable bonds is 3. The van der Waals surface area contributed by atoms with E-state index in [-0.39, 0.29) is 0 Å². The van der Waals surface area contributed by atoms with Crippen molar-refractivity contribution < 1.29 is 0 Å². The molecule has 0 radical (unpaired) electrons. The largest absolute Gasteiger partial charge is 0.330 e. The fraction of sp³-hybridized carbons (Fsp3) is 0.778. The fourth-order valence-electron chi connectivity index (χ4n) is 1.60. The van der Waals surface area contributed by atoms with E-state index in [1.54, 1.807) is 0 Å². The lowest BCUT2D eigenvalue weighted by Gasteiger charge is -2.35. The van der Waals surface area contributed by atoms with Crippen LogP contribution in [-0.4, -0.2) is 6.54 Å². The number of terminal acetylenes is 1. The van der Waals surface area contributed by atoms with Crippen LogP contribution in [0.15, 0.2) is 0 Å². The molecule has 2 N–H and O–H groups in total. The molecule has 0 saturated heterocycles. The van der Waals surface area contributed by atoms with Gasteiger partial charge in [-0.15, -0.1) is 12.3 Å². The van der Waals surface area contributed by atoms with Crippen molar-refractivity contribution in [3.05, 3.63) is 0 Å². The lowest BCUT2D eigenvalue weighted by atomic mass is 9.71. The maximum absolute atomic E-state index is 5.54. The Bertz CT molecular complexity index is 132. The lowest BCUT2D eigenvalue weighted by Crippen LogP contribution is -2.32. The Balaban J connectivity index is 2.12. The number of hydrogen-bond donors (Lipinski definition) is 1. The first-order valence-corrected chi connectivity index (χ1v) is 4.02. The van der Waals surface area contributed by atoms with Crippen molar-refractivity contribution >= 4 is 0 Å². The van der Waals surface area contributed by atoms with E-state index < -0.39 is 0 Å². The molecule has 0 spiro atoms. The summed E-state index contributed by atoms with van der Waals surface area (Å²) in [6, 6.07) is 0. The summed E-state index contributed by atoms with van der Waals surface area (Å²) in [5.74, 6) is 4.30. The third kappa shape index (κ3) is 1.52. The summed E-state index contributed by atoms with van der Waals surface area (Å²) in [5.41, 5.74) is 5.54. The highest BCUT2D eigenvalue weighted by Crippen LogP contribution is 2.36. The van der Waals surface area contributed by atoms with Gasteiger partial charge in [0, 0.05) is 6.42 Å². The van der Waals surface area contributed by atoms with E-state index in [9.17, 15) is 0 Å². The maximum atomic E-state index is 5.54. The van der Waals surface area contributed by atoms with Crippen LogP contribution in [0.3, 0.4) is 0 Å². The second-order valence-electron chi connectivity index (χ2n) is 3.08. The van der Waals surface area contributed by atoms with Gasteiger partial charge in [-0.3, -0.25) is 0 Å². The highest BCUT2D eigenvalue weighted by atomic mass is 14.6. The van der Waals surface area contributed by atoms with Crippen molar-refractivity contribution in [1.82, 2.24) is 0 Å². The molecule has 0 aliphatic heterocycles. The van der Waals surface area contributed by atoms with Crippen molar-refractivity contribution in [2.75, 3.05) is 6.54 Å². The Morgan fingerprint density at radius 1 is 1.40 bits per heavy atom. The topological polar surface area (TPSA) is 26.0 Å². The van der Waals surface area contributed by atoms with Gasteiger partial charge < -0.3 is 5.73 Å². The maximum Gasteiger partial charge on any atom is 0.00888 e. The molecular weight excluding hydrogens is 122 g/mol.